The van der Waals surface area contributed by atoms with Crippen molar-refractivity contribution in [3.05, 3.63) is 35.9 Å². The summed E-state index contributed by atoms with van der Waals surface area (Å²) in [6.45, 7) is 9.03. The van der Waals surface area contributed by atoms with E-state index in [4.69, 9.17) is 11.5 Å². The maximum Gasteiger partial charge on any atom is 0.326 e. The van der Waals surface area contributed by atoms with Gasteiger partial charge in [-0.1, -0.05) is 78.3 Å². The molecule has 72 heavy (non-hydrogen) atoms. The number of primary amides is 1. The Bertz CT molecular complexity index is 2060. The second-order valence-corrected chi connectivity index (χ2v) is 19.4. The van der Waals surface area contributed by atoms with Crippen LogP contribution in [0.15, 0.2) is 30.3 Å². The summed E-state index contributed by atoms with van der Waals surface area (Å²) in [6.07, 6.45) is 0.939. The van der Waals surface area contributed by atoms with E-state index in [1.165, 1.54) is 16.7 Å². The lowest BCUT2D eigenvalue weighted by Crippen LogP contribution is -2.61. The molecule has 9 amide bonds. The van der Waals surface area contributed by atoms with Crippen molar-refractivity contribution in [1.82, 2.24) is 42.1 Å². The molecule has 0 bridgehead atoms. The number of nitrogens with zero attached hydrogens (tertiary/aromatic N) is 1. The van der Waals surface area contributed by atoms with Crippen LogP contribution in [0.4, 0.5) is 0 Å². The van der Waals surface area contributed by atoms with Crippen LogP contribution in [0.5, 0.6) is 0 Å². The Labute approximate surface area is 423 Å². The largest absolute Gasteiger partial charge is 0.481 e. The van der Waals surface area contributed by atoms with E-state index in [2.05, 4.69) is 37.2 Å². The Balaban J connectivity index is 2.38. The quantitative estimate of drug-likeness (QED) is 0.0378. The standard InChI is InChI=1S/C47H74N10O14S/c1-8-26(6)36(49)45(68)51-29(18-20-72-7)39(62)52-31(22-35(60)61)42(65)50-28(16-17-34(48)59)40(63)55-37(24(2)3)46(69)57-19-12-15-33(57)44(67)53-30(21-27-13-10-9-11-14-27)41(64)54-32(23-58)43(66)56-38(25(4)5)47(70)71/h9-11,13-14,24-26,28-33,36-38,58H,8,12,15-23,49H2,1-7H3,(H2,48,59)(H,50,65)(H,51,68)(H,52,62)(H,53,67)(H,54,64)(H,55,63)(H,56,66)(H,60,61)(H,70,71). The van der Waals surface area contributed by atoms with Crippen molar-refractivity contribution in [3.63, 3.8) is 0 Å². The molecule has 0 radical (unpaired) electrons. The minimum Gasteiger partial charge on any atom is -0.481 e. The number of hydrogen-bond acceptors (Lipinski definition) is 14. The lowest BCUT2D eigenvalue weighted by atomic mass is 9.99. The first-order chi connectivity index (χ1) is 33.9. The molecule has 1 heterocycles. The number of aliphatic hydroxyl groups excluding tert-OH is 1. The van der Waals surface area contributed by atoms with Gasteiger partial charge in [-0.2, -0.15) is 11.8 Å². The van der Waals surface area contributed by atoms with Crippen molar-refractivity contribution >= 4 is 76.9 Å². The van der Waals surface area contributed by atoms with Gasteiger partial charge in [0.05, 0.1) is 19.1 Å². The number of aliphatic carboxylic acids is 2. The van der Waals surface area contributed by atoms with E-state index in [0.29, 0.717) is 24.2 Å². The third-order valence-electron chi connectivity index (χ3n) is 12.2. The smallest absolute Gasteiger partial charge is 0.326 e. The summed E-state index contributed by atoms with van der Waals surface area (Å²) in [5, 5.41) is 46.6. The van der Waals surface area contributed by atoms with Gasteiger partial charge in [0, 0.05) is 19.4 Å². The van der Waals surface area contributed by atoms with E-state index in [0.717, 1.165) is 0 Å². The highest BCUT2D eigenvalue weighted by Crippen LogP contribution is 2.22. The number of amides is 9. The zero-order chi connectivity index (χ0) is 54.4. The van der Waals surface area contributed by atoms with Gasteiger partial charge in [-0.05, 0) is 61.0 Å². The lowest BCUT2D eigenvalue weighted by Gasteiger charge is -2.32. The molecule has 1 fully saturated rings. The molecule has 1 aromatic carbocycles. The van der Waals surface area contributed by atoms with E-state index < -0.39 is 157 Å². The molecule has 0 aromatic heterocycles. The Morgan fingerprint density at radius 3 is 1.75 bits per heavy atom. The molecule has 10 unspecified atom stereocenters. The van der Waals surface area contributed by atoms with E-state index in [-0.39, 0.29) is 31.7 Å². The topological polar surface area (TPSA) is 388 Å². The van der Waals surface area contributed by atoms with Crippen LogP contribution in [-0.2, 0) is 59.2 Å². The van der Waals surface area contributed by atoms with Crippen molar-refractivity contribution in [1.29, 1.82) is 0 Å². The van der Waals surface area contributed by atoms with Crippen LogP contribution >= 0.6 is 11.8 Å². The highest BCUT2D eigenvalue weighted by atomic mass is 32.2. The third-order valence-corrected chi connectivity index (χ3v) is 12.8. The molecule has 24 nitrogen and oxygen atoms in total. The van der Waals surface area contributed by atoms with Crippen LogP contribution < -0.4 is 48.7 Å². The van der Waals surface area contributed by atoms with Gasteiger partial charge in [0.1, 0.15) is 48.3 Å². The molecule has 1 aliphatic rings. The highest BCUT2D eigenvalue weighted by Gasteiger charge is 2.41. The molecule has 1 saturated heterocycles. The van der Waals surface area contributed by atoms with Crippen LogP contribution in [-0.4, -0.2) is 165 Å². The van der Waals surface area contributed by atoms with Gasteiger partial charge in [-0.25, -0.2) is 4.79 Å². The third kappa shape index (κ3) is 19.7. The van der Waals surface area contributed by atoms with Gasteiger partial charge >= 0.3 is 11.9 Å². The van der Waals surface area contributed by atoms with Gasteiger partial charge in [0.25, 0.3) is 0 Å². The normalized spacial score (nSPS) is 17.1. The molecular weight excluding hydrogens is 961 g/mol. The number of thioether (sulfide) groups is 1. The zero-order valence-corrected chi connectivity index (χ0v) is 42.8. The summed E-state index contributed by atoms with van der Waals surface area (Å²) in [5.74, 6) is -11.8. The molecule has 0 spiro atoms. The van der Waals surface area contributed by atoms with Crippen molar-refractivity contribution in [2.24, 2.45) is 29.2 Å². The second-order valence-electron chi connectivity index (χ2n) is 18.5. The van der Waals surface area contributed by atoms with Crippen LogP contribution in [0.1, 0.15) is 92.1 Å². The van der Waals surface area contributed by atoms with Crippen molar-refractivity contribution in [3.8, 4) is 0 Å². The molecular formula is C47H74N10O14S. The van der Waals surface area contributed by atoms with Crippen molar-refractivity contribution in [2.45, 2.75) is 147 Å². The van der Waals surface area contributed by atoms with Gasteiger partial charge < -0.3 is 68.9 Å². The zero-order valence-electron chi connectivity index (χ0n) is 41.9. The molecule has 14 N–H and O–H groups in total. The number of benzene rings is 1. The molecule has 0 saturated carbocycles. The first-order valence-corrected chi connectivity index (χ1v) is 25.3. The van der Waals surface area contributed by atoms with E-state index in [1.807, 2.05) is 6.92 Å². The molecule has 1 aromatic rings. The summed E-state index contributed by atoms with van der Waals surface area (Å²) in [5.41, 5.74) is 12.1. The monoisotopic (exact) mass is 1030 g/mol. The number of carbonyl (C=O) groups excluding carboxylic acids is 9. The van der Waals surface area contributed by atoms with E-state index in [9.17, 15) is 68.1 Å². The fourth-order valence-corrected chi connectivity index (χ4v) is 8.05. The molecule has 0 aliphatic carbocycles. The number of rotatable bonds is 31. The summed E-state index contributed by atoms with van der Waals surface area (Å²) >= 11 is 1.36. The Hall–Kier alpha value is -6.34. The Morgan fingerprint density at radius 1 is 0.694 bits per heavy atom. The van der Waals surface area contributed by atoms with Crippen LogP contribution in [0.3, 0.4) is 0 Å². The van der Waals surface area contributed by atoms with Crippen LogP contribution in [0.2, 0.25) is 0 Å². The number of aliphatic hydroxyl groups is 1. The number of carboxylic acids is 2. The van der Waals surface area contributed by atoms with E-state index in [1.54, 1.807) is 71.2 Å². The van der Waals surface area contributed by atoms with Crippen LogP contribution in [0, 0.1) is 17.8 Å². The Morgan fingerprint density at radius 2 is 1.21 bits per heavy atom. The molecule has 25 heteroatoms. The first kappa shape index (κ1) is 61.8. The lowest BCUT2D eigenvalue weighted by molar-refractivity contribution is -0.144. The predicted octanol–water partition coefficient (Wildman–Crippen LogP) is -2.13. The number of likely N-dealkylation sites (tertiary alicyclic amines) is 1. The average Bonchev–Trinajstić information content (AvgIpc) is 3.83. The number of hydrogen-bond donors (Lipinski definition) is 12. The first-order valence-electron chi connectivity index (χ1n) is 23.9. The highest BCUT2D eigenvalue weighted by molar-refractivity contribution is 7.98. The number of nitrogens with one attached hydrogen (secondary N) is 7. The molecule has 10 atom stereocenters. The number of carboxylic acid groups (broad SMARTS) is 2. The van der Waals surface area contributed by atoms with Crippen LogP contribution in [0.25, 0.3) is 0 Å². The fourth-order valence-electron chi connectivity index (χ4n) is 7.58. The molecule has 2 rings (SSSR count). The number of nitrogens with two attached hydrogens (primary N) is 2. The maximum atomic E-state index is 14.4. The molecule has 1 aliphatic heterocycles. The van der Waals surface area contributed by atoms with Gasteiger partial charge in [0.2, 0.25) is 53.2 Å². The van der Waals surface area contributed by atoms with Crippen molar-refractivity contribution < 1.29 is 68.1 Å². The summed E-state index contributed by atoms with van der Waals surface area (Å²) < 4.78 is 0. The van der Waals surface area contributed by atoms with Gasteiger partial charge in [-0.3, -0.25) is 47.9 Å². The predicted molar refractivity (Wildman–Crippen MR) is 264 cm³/mol. The number of carbonyl (C=O) groups is 11. The SMILES string of the molecule is CCC(C)C(N)C(=O)NC(CCSC)C(=O)NC(CC(=O)O)C(=O)NC(CCC(N)=O)C(=O)NC(C(=O)N1CCCC1C(=O)NC(Cc1ccccc1)C(=O)NC(CO)C(=O)NC(C(=O)O)C(C)C)C(C)C. The van der Waals surface area contributed by atoms with Crippen molar-refractivity contribution in [2.75, 3.05) is 25.2 Å². The second kappa shape index (κ2) is 30.5. The minimum atomic E-state index is -1.80. The molecule has 402 valence electrons. The summed E-state index contributed by atoms with van der Waals surface area (Å²) in [6, 6.07) is -3.96. The van der Waals surface area contributed by atoms with Gasteiger partial charge in [0.15, 0.2) is 0 Å². The summed E-state index contributed by atoms with van der Waals surface area (Å²) in [7, 11) is 0. The van der Waals surface area contributed by atoms with E-state index >= 15 is 0 Å². The van der Waals surface area contributed by atoms with Gasteiger partial charge in [-0.15, -0.1) is 0 Å². The summed E-state index contributed by atoms with van der Waals surface area (Å²) in [4.78, 5) is 147. The average molecular weight is 1040 g/mol. The minimum absolute atomic E-state index is 0.0409. The fraction of sp³-hybridized carbons (Fsp3) is 0.638. The maximum absolute atomic E-state index is 14.4. The Kier molecular flexibility index (Phi) is 26.2.